The van der Waals surface area contributed by atoms with Crippen LogP contribution in [0.15, 0.2) is 51.4 Å². The molecular weight excluding hydrogens is 366 g/mol. The molecule has 0 aliphatic heterocycles. The van der Waals surface area contributed by atoms with Crippen molar-refractivity contribution in [2.45, 2.75) is 25.4 Å². The molecule has 98 valence electrons. The molecule has 1 N–H and O–H groups in total. The van der Waals surface area contributed by atoms with E-state index < -0.39 is 0 Å². The molecule has 0 fully saturated rings. The van der Waals surface area contributed by atoms with E-state index in [4.69, 9.17) is 0 Å². The van der Waals surface area contributed by atoms with Gasteiger partial charge in [-0.2, -0.15) is 0 Å². The third kappa shape index (κ3) is 2.93. The van der Waals surface area contributed by atoms with Gasteiger partial charge in [-0.05, 0) is 73.5 Å². The summed E-state index contributed by atoms with van der Waals surface area (Å²) in [5.74, 6) is 0. The van der Waals surface area contributed by atoms with Crippen molar-refractivity contribution in [2.75, 3.05) is 0 Å². The molecule has 0 bridgehead atoms. The first-order valence-electron chi connectivity index (χ1n) is 6.49. The molecule has 2 aromatic rings. The van der Waals surface area contributed by atoms with Gasteiger partial charge in [-0.15, -0.1) is 0 Å². The number of halogens is 2. The summed E-state index contributed by atoms with van der Waals surface area (Å²) in [4.78, 5) is 0. The fraction of sp³-hybridized carbons (Fsp3) is 0.250. The van der Waals surface area contributed by atoms with Crippen molar-refractivity contribution in [3.05, 3.63) is 68.1 Å². The van der Waals surface area contributed by atoms with E-state index in [0.29, 0.717) is 6.04 Å². The van der Waals surface area contributed by atoms with Crippen molar-refractivity contribution < 1.29 is 0 Å². The number of fused-ring (bicyclic) bond motifs is 1. The highest BCUT2D eigenvalue weighted by Gasteiger charge is 2.20. The molecule has 19 heavy (non-hydrogen) atoms. The standard InChI is InChI=1S/C16H15Br2N/c17-14-7-5-11(9-15(14)18)10-19-16-8-6-12-3-1-2-4-13(12)16/h1-5,7,9,16,19H,6,8,10H2. The average molecular weight is 381 g/mol. The Morgan fingerprint density at radius 2 is 1.89 bits per heavy atom. The van der Waals surface area contributed by atoms with Crippen molar-refractivity contribution in [3.8, 4) is 0 Å². The molecular formula is C16H15Br2N. The van der Waals surface area contributed by atoms with E-state index in [2.05, 4.69) is 79.6 Å². The molecule has 3 heteroatoms. The number of hydrogen-bond donors (Lipinski definition) is 1. The zero-order valence-corrected chi connectivity index (χ0v) is 13.7. The molecule has 0 saturated heterocycles. The van der Waals surface area contributed by atoms with Crippen molar-refractivity contribution in [1.29, 1.82) is 0 Å². The Morgan fingerprint density at radius 3 is 2.74 bits per heavy atom. The first-order valence-corrected chi connectivity index (χ1v) is 8.08. The van der Waals surface area contributed by atoms with Gasteiger partial charge in [-0.3, -0.25) is 0 Å². The second-order valence-corrected chi connectivity index (χ2v) is 6.63. The highest BCUT2D eigenvalue weighted by atomic mass is 79.9. The van der Waals surface area contributed by atoms with Gasteiger partial charge < -0.3 is 5.32 Å². The SMILES string of the molecule is Brc1ccc(CNC2CCc3ccccc32)cc1Br. The Bertz CT molecular complexity index is 595. The summed E-state index contributed by atoms with van der Waals surface area (Å²) in [5, 5.41) is 3.66. The third-order valence-electron chi connectivity index (χ3n) is 3.67. The Kier molecular flexibility index (Phi) is 4.06. The van der Waals surface area contributed by atoms with Crippen molar-refractivity contribution >= 4 is 31.9 Å². The van der Waals surface area contributed by atoms with E-state index in [1.165, 1.54) is 29.5 Å². The maximum atomic E-state index is 3.66. The van der Waals surface area contributed by atoms with Crippen LogP contribution in [0.5, 0.6) is 0 Å². The minimum absolute atomic E-state index is 0.499. The summed E-state index contributed by atoms with van der Waals surface area (Å²) in [6, 6.07) is 15.7. The third-order valence-corrected chi connectivity index (χ3v) is 5.55. The van der Waals surface area contributed by atoms with Crippen molar-refractivity contribution in [1.82, 2.24) is 5.32 Å². The summed E-state index contributed by atoms with van der Waals surface area (Å²) in [6.07, 6.45) is 2.40. The summed E-state index contributed by atoms with van der Waals surface area (Å²) < 4.78 is 2.21. The largest absolute Gasteiger partial charge is 0.306 e. The van der Waals surface area contributed by atoms with Crippen LogP contribution >= 0.6 is 31.9 Å². The van der Waals surface area contributed by atoms with Crippen LogP contribution in [-0.4, -0.2) is 0 Å². The molecule has 1 atom stereocenters. The molecule has 0 amide bonds. The van der Waals surface area contributed by atoms with Gasteiger partial charge in [0.05, 0.1) is 0 Å². The van der Waals surface area contributed by atoms with Crippen LogP contribution in [0.2, 0.25) is 0 Å². The fourth-order valence-electron chi connectivity index (χ4n) is 2.66. The smallest absolute Gasteiger partial charge is 0.0329 e. The van der Waals surface area contributed by atoms with Gasteiger partial charge in [-0.1, -0.05) is 30.3 Å². The van der Waals surface area contributed by atoms with E-state index in [9.17, 15) is 0 Å². The average Bonchev–Trinajstić information content (AvgIpc) is 2.83. The topological polar surface area (TPSA) is 12.0 Å². The lowest BCUT2D eigenvalue weighted by Gasteiger charge is -2.14. The van der Waals surface area contributed by atoms with Crippen LogP contribution in [0, 0.1) is 0 Å². The van der Waals surface area contributed by atoms with E-state index in [1.54, 1.807) is 0 Å². The maximum absolute atomic E-state index is 3.66. The van der Waals surface area contributed by atoms with E-state index >= 15 is 0 Å². The Hall–Kier alpha value is -0.640. The minimum Gasteiger partial charge on any atom is -0.306 e. The first-order chi connectivity index (χ1) is 9.24. The van der Waals surface area contributed by atoms with Crippen LogP contribution in [0.1, 0.15) is 29.2 Å². The molecule has 2 aromatic carbocycles. The van der Waals surface area contributed by atoms with Crippen LogP contribution in [0.3, 0.4) is 0 Å². The molecule has 0 heterocycles. The lowest BCUT2D eigenvalue weighted by atomic mass is 10.1. The summed E-state index contributed by atoms with van der Waals surface area (Å²) >= 11 is 7.05. The molecule has 0 spiro atoms. The molecule has 0 aromatic heterocycles. The summed E-state index contributed by atoms with van der Waals surface area (Å²) in [5.41, 5.74) is 4.27. The Balaban J connectivity index is 1.69. The number of aryl methyl sites for hydroxylation is 1. The normalized spacial score (nSPS) is 17.5. The highest BCUT2D eigenvalue weighted by Crippen LogP contribution is 2.31. The van der Waals surface area contributed by atoms with Gasteiger partial charge >= 0.3 is 0 Å². The van der Waals surface area contributed by atoms with Gasteiger partial charge in [0.2, 0.25) is 0 Å². The summed E-state index contributed by atoms with van der Waals surface area (Å²) in [6.45, 7) is 0.908. The zero-order valence-electron chi connectivity index (χ0n) is 10.5. The molecule has 1 unspecified atom stereocenters. The van der Waals surface area contributed by atoms with E-state index in [-0.39, 0.29) is 0 Å². The fourth-order valence-corrected chi connectivity index (χ4v) is 3.33. The van der Waals surface area contributed by atoms with Crippen LogP contribution in [0.4, 0.5) is 0 Å². The van der Waals surface area contributed by atoms with Crippen LogP contribution in [0.25, 0.3) is 0 Å². The quantitative estimate of drug-likeness (QED) is 0.790. The predicted octanol–water partition coefficient (Wildman–Crippen LogP) is 4.99. The Morgan fingerprint density at radius 1 is 1.05 bits per heavy atom. The molecule has 1 aliphatic carbocycles. The van der Waals surface area contributed by atoms with Gasteiger partial charge in [0, 0.05) is 21.5 Å². The molecule has 0 radical (unpaired) electrons. The van der Waals surface area contributed by atoms with Crippen LogP contribution < -0.4 is 5.32 Å². The number of benzene rings is 2. The molecule has 0 saturated carbocycles. The number of rotatable bonds is 3. The van der Waals surface area contributed by atoms with Crippen molar-refractivity contribution in [3.63, 3.8) is 0 Å². The maximum Gasteiger partial charge on any atom is 0.0329 e. The summed E-state index contributed by atoms with van der Waals surface area (Å²) in [7, 11) is 0. The predicted molar refractivity (Wildman–Crippen MR) is 86.2 cm³/mol. The monoisotopic (exact) mass is 379 g/mol. The molecule has 3 rings (SSSR count). The lowest BCUT2D eigenvalue weighted by Crippen LogP contribution is -2.18. The number of hydrogen-bond acceptors (Lipinski definition) is 1. The van der Waals surface area contributed by atoms with Crippen molar-refractivity contribution in [2.24, 2.45) is 0 Å². The lowest BCUT2D eigenvalue weighted by molar-refractivity contribution is 0.530. The molecule has 1 nitrogen and oxygen atoms in total. The van der Waals surface area contributed by atoms with E-state index in [0.717, 1.165) is 15.5 Å². The highest BCUT2D eigenvalue weighted by molar-refractivity contribution is 9.13. The van der Waals surface area contributed by atoms with Gasteiger partial charge in [0.25, 0.3) is 0 Å². The second-order valence-electron chi connectivity index (χ2n) is 4.92. The molecule has 1 aliphatic rings. The Labute approximate surface area is 130 Å². The van der Waals surface area contributed by atoms with Crippen LogP contribution in [-0.2, 0) is 13.0 Å². The van der Waals surface area contributed by atoms with Gasteiger partial charge in [0.15, 0.2) is 0 Å². The first kappa shape index (κ1) is 13.3. The second kappa shape index (κ2) is 5.78. The van der Waals surface area contributed by atoms with E-state index in [1.807, 2.05) is 0 Å². The minimum atomic E-state index is 0.499. The van der Waals surface area contributed by atoms with Gasteiger partial charge in [0.1, 0.15) is 0 Å². The zero-order chi connectivity index (χ0) is 13.2. The van der Waals surface area contributed by atoms with Gasteiger partial charge in [-0.25, -0.2) is 0 Å². The number of nitrogens with one attached hydrogen (secondary N) is 1.